The van der Waals surface area contributed by atoms with E-state index in [4.69, 9.17) is 9.47 Å². The maximum absolute atomic E-state index is 13.5. The lowest BCUT2D eigenvalue weighted by atomic mass is 9.68. The van der Waals surface area contributed by atoms with Crippen LogP contribution in [0, 0.1) is 0 Å². The van der Waals surface area contributed by atoms with Crippen LogP contribution in [-0.2, 0) is 14.9 Å². The van der Waals surface area contributed by atoms with E-state index in [9.17, 15) is 9.59 Å². The van der Waals surface area contributed by atoms with Gasteiger partial charge in [0.1, 0.15) is 11.3 Å². The molecule has 0 radical (unpaired) electrons. The highest BCUT2D eigenvalue weighted by atomic mass is 16.5. The van der Waals surface area contributed by atoms with E-state index in [1.54, 1.807) is 25.1 Å². The Morgan fingerprint density at radius 1 is 1.03 bits per heavy atom. The number of amides is 1. The molecule has 0 aliphatic heterocycles. The summed E-state index contributed by atoms with van der Waals surface area (Å²) >= 11 is 0. The molecular formula is C25H31NO4. The number of rotatable bonds is 7. The SMILES string of the molecule is CCOC(=O)c1cc(NC(=O)C2(c3ccccc3)CCCCC2)ccc1OC(C)C. The molecule has 0 spiro atoms. The van der Waals surface area contributed by atoms with E-state index in [1.165, 1.54) is 0 Å². The Bertz CT molecular complexity index is 870. The minimum Gasteiger partial charge on any atom is -0.490 e. The van der Waals surface area contributed by atoms with Gasteiger partial charge >= 0.3 is 5.97 Å². The number of benzene rings is 2. The fourth-order valence-corrected chi connectivity index (χ4v) is 4.14. The van der Waals surface area contributed by atoms with Gasteiger partial charge in [-0.05, 0) is 57.4 Å². The lowest BCUT2D eigenvalue weighted by Gasteiger charge is -2.36. The van der Waals surface area contributed by atoms with Gasteiger partial charge in [-0.2, -0.15) is 0 Å². The van der Waals surface area contributed by atoms with Crippen LogP contribution in [0.3, 0.4) is 0 Å². The minimum atomic E-state index is -0.545. The molecule has 2 aromatic carbocycles. The van der Waals surface area contributed by atoms with Crippen molar-refractivity contribution in [2.45, 2.75) is 64.4 Å². The standard InChI is InChI=1S/C25H31NO4/c1-4-29-23(27)21-17-20(13-14-22(21)30-18(2)3)26-24(28)25(15-9-6-10-16-25)19-11-7-5-8-12-19/h5,7-8,11-14,17-18H,4,6,9-10,15-16H2,1-3H3,(H,26,28). The molecule has 5 heteroatoms. The highest BCUT2D eigenvalue weighted by molar-refractivity contribution is 6.01. The van der Waals surface area contributed by atoms with Crippen molar-refractivity contribution >= 4 is 17.6 Å². The Hall–Kier alpha value is -2.82. The van der Waals surface area contributed by atoms with Crippen molar-refractivity contribution < 1.29 is 19.1 Å². The third-order valence-electron chi connectivity index (χ3n) is 5.56. The molecule has 1 aliphatic rings. The molecule has 0 aromatic heterocycles. The van der Waals surface area contributed by atoms with Gasteiger partial charge in [0.15, 0.2) is 0 Å². The van der Waals surface area contributed by atoms with Crippen molar-refractivity contribution in [2.24, 2.45) is 0 Å². The molecule has 1 amide bonds. The Kier molecular flexibility index (Phi) is 7.14. The molecule has 160 valence electrons. The molecule has 1 aliphatic carbocycles. The highest BCUT2D eigenvalue weighted by Crippen LogP contribution is 2.40. The van der Waals surface area contributed by atoms with Crippen molar-refractivity contribution in [1.82, 2.24) is 0 Å². The molecule has 1 N–H and O–H groups in total. The first-order valence-electron chi connectivity index (χ1n) is 10.8. The Morgan fingerprint density at radius 2 is 1.73 bits per heavy atom. The number of nitrogens with one attached hydrogen (secondary N) is 1. The predicted octanol–water partition coefficient (Wildman–Crippen LogP) is 5.49. The van der Waals surface area contributed by atoms with Crippen LogP contribution in [0.1, 0.15) is 68.8 Å². The van der Waals surface area contributed by atoms with Gasteiger partial charge in [0.2, 0.25) is 5.91 Å². The average molecular weight is 410 g/mol. The summed E-state index contributed by atoms with van der Waals surface area (Å²) in [6.45, 7) is 5.83. The van der Waals surface area contributed by atoms with Gasteiger partial charge < -0.3 is 14.8 Å². The van der Waals surface area contributed by atoms with Crippen molar-refractivity contribution in [1.29, 1.82) is 0 Å². The Labute approximate surface area is 178 Å². The molecule has 0 bridgehead atoms. The van der Waals surface area contributed by atoms with Crippen LogP contribution in [0.5, 0.6) is 5.75 Å². The van der Waals surface area contributed by atoms with Crippen LogP contribution in [0.2, 0.25) is 0 Å². The second-order valence-electron chi connectivity index (χ2n) is 8.06. The Morgan fingerprint density at radius 3 is 2.37 bits per heavy atom. The molecule has 0 saturated heterocycles. The zero-order valence-corrected chi connectivity index (χ0v) is 18.1. The largest absolute Gasteiger partial charge is 0.490 e. The number of hydrogen-bond acceptors (Lipinski definition) is 4. The van der Waals surface area contributed by atoms with Crippen LogP contribution < -0.4 is 10.1 Å². The molecule has 30 heavy (non-hydrogen) atoms. The molecule has 2 aromatic rings. The summed E-state index contributed by atoms with van der Waals surface area (Å²) in [4.78, 5) is 26.0. The van der Waals surface area contributed by atoms with Gasteiger partial charge in [-0.3, -0.25) is 4.79 Å². The van der Waals surface area contributed by atoms with E-state index in [0.717, 1.165) is 37.7 Å². The zero-order chi connectivity index (χ0) is 21.6. The van der Waals surface area contributed by atoms with Crippen LogP contribution in [-0.4, -0.2) is 24.6 Å². The molecule has 1 fully saturated rings. The molecule has 3 rings (SSSR count). The number of esters is 1. The Balaban J connectivity index is 1.91. The highest BCUT2D eigenvalue weighted by Gasteiger charge is 2.41. The maximum atomic E-state index is 13.5. The van der Waals surface area contributed by atoms with E-state index in [2.05, 4.69) is 5.32 Å². The third-order valence-corrected chi connectivity index (χ3v) is 5.56. The summed E-state index contributed by atoms with van der Waals surface area (Å²) < 4.78 is 10.9. The maximum Gasteiger partial charge on any atom is 0.341 e. The number of carbonyl (C=O) groups excluding carboxylic acids is 2. The fraction of sp³-hybridized carbons (Fsp3) is 0.440. The lowest BCUT2D eigenvalue weighted by molar-refractivity contribution is -0.122. The van der Waals surface area contributed by atoms with E-state index in [-0.39, 0.29) is 18.6 Å². The third kappa shape index (κ3) is 4.84. The molecule has 0 heterocycles. The summed E-state index contributed by atoms with van der Waals surface area (Å²) in [6, 6.07) is 15.2. The molecule has 0 atom stereocenters. The minimum absolute atomic E-state index is 0.0271. The van der Waals surface area contributed by atoms with Crippen LogP contribution >= 0.6 is 0 Å². The van der Waals surface area contributed by atoms with Crippen LogP contribution in [0.25, 0.3) is 0 Å². The topological polar surface area (TPSA) is 64.6 Å². The molecular weight excluding hydrogens is 378 g/mol. The van der Waals surface area contributed by atoms with Crippen molar-refractivity contribution in [3.05, 3.63) is 59.7 Å². The van der Waals surface area contributed by atoms with E-state index in [1.807, 2.05) is 44.2 Å². The smallest absolute Gasteiger partial charge is 0.341 e. The molecule has 1 saturated carbocycles. The van der Waals surface area contributed by atoms with Gasteiger partial charge in [0.25, 0.3) is 0 Å². The van der Waals surface area contributed by atoms with Crippen LogP contribution in [0.4, 0.5) is 5.69 Å². The second-order valence-corrected chi connectivity index (χ2v) is 8.06. The lowest BCUT2D eigenvalue weighted by Crippen LogP contribution is -2.42. The first-order valence-corrected chi connectivity index (χ1v) is 10.8. The quantitative estimate of drug-likeness (QED) is 0.614. The summed E-state index contributed by atoms with van der Waals surface area (Å²) in [7, 11) is 0. The van der Waals surface area contributed by atoms with E-state index < -0.39 is 11.4 Å². The normalized spacial score (nSPS) is 15.5. The second kappa shape index (κ2) is 9.79. The number of carbonyl (C=O) groups is 2. The van der Waals surface area contributed by atoms with Gasteiger partial charge in [0, 0.05) is 5.69 Å². The number of ether oxygens (including phenoxy) is 2. The van der Waals surface area contributed by atoms with Gasteiger partial charge in [-0.1, -0.05) is 49.6 Å². The molecule has 0 unspecified atom stereocenters. The molecule has 5 nitrogen and oxygen atoms in total. The van der Waals surface area contributed by atoms with E-state index >= 15 is 0 Å². The predicted molar refractivity (Wildman–Crippen MR) is 118 cm³/mol. The van der Waals surface area contributed by atoms with Crippen LogP contribution in [0.15, 0.2) is 48.5 Å². The number of hydrogen-bond donors (Lipinski definition) is 1. The fourth-order valence-electron chi connectivity index (χ4n) is 4.14. The summed E-state index contributed by atoms with van der Waals surface area (Å²) in [5, 5.41) is 3.07. The van der Waals surface area contributed by atoms with E-state index in [0.29, 0.717) is 17.0 Å². The summed E-state index contributed by atoms with van der Waals surface area (Å²) in [5.74, 6) is -0.0303. The van der Waals surface area contributed by atoms with Crippen molar-refractivity contribution in [3.63, 3.8) is 0 Å². The summed E-state index contributed by atoms with van der Waals surface area (Å²) in [6.07, 6.45) is 4.76. The monoisotopic (exact) mass is 409 g/mol. The number of anilines is 1. The van der Waals surface area contributed by atoms with Gasteiger partial charge in [0.05, 0.1) is 18.1 Å². The summed E-state index contributed by atoms with van der Waals surface area (Å²) in [5.41, 5.74) is 1.39. The van der Waals surface area contributed by atoms with Crippen molar-refractivity contribution in [2.75, 3.05) is 11.9 Å². The first-order chi connectivity index (χ1) is 14.5. The van der Waals surface area contributed by atoms with Gasteiger partial charge in [-0.25, -0.2) is 4.79 Å². The van der Waals surface area contributed by atoms with Gasteiger partial charge in [-0.15, -0.1) is 0 Å². The van der Waals surface area contributed by atoms with Crippen molar-refractivity contribution in [3.8, 4) is 5.75 Å². The average Bonchev–Trinajstić information content (AvgIpc) is 2.75. The first kappa shape index (κ1) is 21.9. The zero-order valence-electron chi connectivity index (χ0n) is 18.1.